The van der Waals surface area contributed by atoms with Crippen LogP contribution in [0.3, 0.4) is 0 Å². The Labute approximate surface area is 130 Å². The van der Waals surface area contributed by atoms with Crippen molar-refractivity contribution in [3.05, 3.63) is 47.3 Å². The molecule has 122 valence electrons. The molecule has 0 unspecified atom stereocenters. The van der Waals surface area contributed by atoms with E-state index in [1.54, 1.807) is 0 Å². The van der Waals surface area contributed by atoms with Gasteiger partial charge in [0.2, 0.25) is 0 Å². The first-order chi connectivity index (χ1) is 10.6. The molecular weight excluding hydrogens is 289 g/mol. The topological polar surface area (TPSA) is 9.23 Å². The van der Waals surface area contributed by atoms with Crippen LogP contribution in [-0.2, 0) is 11.3 Å². The minimum atomic E-state index is -2.15. The molecule has 1 nitrogen and oxygen atoms in total. The maximum Gasteiger partial charge on any atom is 0.301 e. The number of ether oxygens (including phenoxy) is 1. The third kappa shape index (κ3) is 4.60. The lowest BCUT2D eigenvalue weighted by atomic mass is 9.78. The summed E-state index contributed by atoms with van der Waals surface area (Å²) in [6, 6.07) is 8.27. The highest BCUT2D eigenvalue weighted by Crippen LogP contribution is 2.40. The van der Waals surface area contributed by atoms with Crippen LogP contribution in [0.5, 0.6) is 0 Å². The molecule has 1 fully saturated rings. The van der Waals surface area contributed by atoms with Crippen LogP contribution < -0.4 is 0 Å². The van der Waals surface area contributed by atoms with Crippen LogP contribution in [0.4, 0.5) is 13.2 Å². The van der Waals surface area contributed by atoms with Gasteiger partial charge in [0.15, 0.2) is 5.83 Å². The maximum atomic E-state index is 13.3. The van der Waals surface area contributed by atoms with Gasteiger partial charge in [-0.1, -0.05) is 31.2 Å². The standard InChI is InChI=1S/C18H23F3O/c1-2-11-22-12-13-3-5-14(6-4-13)15-7-9-16(10-8-15)17(19)18(20)21/h3-6,15-16H,2,7-12H2,1H3. The molecule has 0 atom stereocenters. The molecule has 0 N–H and O–H groups in total. The summed E-state index contributed by atoms with van der Waals surface area (Å²) in [6.45, 7) is 3.45. The predicted octanol–water partition coefficient (Wildman–Crippen LogP) is 5.96. The van der Waals surface area contributed by atoms with Gasteiger partial charge in [0.25, 0.3) is 0 Å². The molecule has 0 bridgehead atoms. The minimum absolute atomic E-state index is 0.345. The SMILES string of the molecule is CCCOCc1ccc(C2CCC(C(F)=C(F)F)CC2)cc1. The zero-order valence-corrected chi connectivity index (χ0v) is 13.0. The van der Waals surface area contributed by atoms with Crippen LogP contribution in [0.15, 0.2) is 36.2 Å². The summed E-state index contributed by atoms with van der Waals surface area (Å²) in [4.78, 5) is 0. The highest BCUT2D eigenvalue weighted by atomic mass is 19.3. The van der Waals surface area contributed by atoms with E-state index in [4.69, 9.17) is 4.74 Å². The quantitative estimate of drug-likeness (QED) is 0.588. The minimum Gasteiger partial charge on any atom is -0.377 e. The van der Waals surface area contributed by atoms with E-state index in [1.165, 1.54) is 5.56 Å². The van der Waals surface area contributed by atoms with Crippen LogP contribution >= 0.6 is 0 Å². The number of benzene rings is 1. The fraction of sp³-hybridized carbons (Fsp3) is 0.556. The van der Waals surface area contributed by atoms with Gasteiger partial charge < -0.3 is 4.74 Å². The van der Waals surface area contributed by atoms with Crippen molar-refractivity contribution in [3.8, 4) is 0 Å². The van der Waals surface area contributed by atoms with Crippen molar-refractivity contribution in [1.29, 1.82) is 0 Å². The molecule has 4 heteroatoms. The average Bonchev–Trinajstić information content (AvgIpc) is 2.55. The number of hydrogen-bond donors (Lipinski definition) is 0. The molecule has 0 saturated heterocycles. The van der Waals surface area contributed by atoms with Gasteiger partial charge in [-0.15, -0.1) is 0 Å². The van der Waals surface area contributed by atoms with Gasteiger partial charge in [-0.25, -0.2) is 4.39 Å². The highest BCUT2D eigenvalue weighted by molar-refractivity contribution is 5.25. The van der Waals surface area contributed by atoms with Crippen molar-refractivity contribution in [2.75, 3.05) is 6.61 Å². The lowest BCUT2D eigenvalue weighted by molar-refractivity contribution is 0.121. The van der Waals surface area contributed by atoms with E-state index in [0.717, 1.165) is 31.4 Å². The zero-order valence-electron chi connectivity index (χ0n) is 13.0. The molecule has 1 aromatic carbocycles. The van der Waals surface area contributed by atoms with Gasteiger partial charge in [-0.3, -0.25) is 0 Å². The Morgan fingerprint density at radius 2 is 1.68 bits per heavy atom. The maximum absolute atomic E-state index is 13.3. The van der Waals surface area contributed by atoms with Gasteiger partial charge >= 0.3 is 6.08 Å². The van der Waals surface area contributed by atoms with Crippen LogP contribution in [0.1, 0.15) is 56.1 Å². The first kappa shape index (κ1) is 17.1. The smallest absolute Gasteiger partial charge is 0.301 e. The van der Waals surface area contributed by atoms with Gasteiger partial charge in [0.05, 0.1) is 6.61 Å². The molecule has 0 aliphatic heterocycles. The monoisotopic (exact) mass is 312 g/mol. The highest BCUT2D eigenvalue weighted by Gasteiger charge is 2.27. The number of rotatable bonds is 6. The van der Waals surface area contributed by atoms with Gasteiger partial charge in [0.1, 0.15) is 0 Å². The molecule has 0 radical (unpaired) electrons. The van der Waals surface area contributed by atoms with Crippen molar-refractivity contribution < 1.29 is 17.9 Å². The second-order valence-corrected chi connectivity index (χ2v) is 5.95. The predicted molar refractivity (Wildman–Crippen MR) is 81.4 cm³/mol. The van der Waals surface area contributed by atoms with Gasteiger partial charge in [-0.2, -0.15) is 8.78 Å². The second kappa shape index (κ2) is 8.37. The van der Waals surface area contributed by atoms with Crippen molar-refractivity contribution in [2.45, 2.75) is 51.6 Å². The average molecular weight is 312 g/mol. The number of hydrogen-bond acceptors (Lipinski definition) is 1. The van der Waals surface area contributed by atoms with E-state index in [9.17, 15) is 13.2 Å². The summed E-state index contributed by atoms with van der Waals surface area (Å²) in [6.07, 6.45) is 1.37. The van der Waals surface area contributed by atoms with Crippen molar-refractivity contribution in [1.82, 2.24) is 0 Å². The summed E-state index contributed by atoms with van der Waals surface area (Å²) in [5, 5.41) is 0. The lowest BCUT2D eigenvalue weighted by Crippen LogP contribution is -2.14. The third-order valence-electron chi connectivity index (χ3n) is 4.33. The zero-order chi connectivity index (χ0) is 15.9. The number of allylic oxidation sites excluding steroid dienone is 1. The van der Waals surface area contributed by atoms with E-state index in [2.05, 4.69) is 31.2 Å². The van der Waals surface area contributed by atoms with Crippen LogP contribution in [0, 0.1) is 5.92 Å². The fourth-order valence-electron chi connectivity index (χ4n) is 3.05. The molecule has 1 aliphatic carbocycles. The van der Waals surface area contributed by atoms with Crippen LogP contribution in [-0.4, -0.2) is 6.61 Å². The summed E-state index contributed by atoms with van der Waals surface area (Å²) < 4.78 is 43.4. The van der Waals surface area contributed by atoms with E-state index < -0.39 is 17.8 Å². The molecule has 0 heterocycles. The molecule has 1 aromatic rings. The van der Waals surface area contributed by atoms with Crippen LogP contribution in [0.25, 0.3) is 0 Å². The summed E-state index contributed by atoms with van der Waals surface area (Å²) in [5.74, 6) is -1.46. The first-order valence-electron chi connectivity index (χ1n) is 7.99. The third-order valence-corrected chi connectivity index (χ3v) is 4.33. The summed E-state index contributed by atoms with van der Waals surface area (Å²) >= 11 is 0. The Morgan fingerprint density at radius 1 is 1.05 bits per heavy atom. The fourth-order valence-corrected chi connectivity index (χ4v) is 3.05. The van der Waals surface area contributed by atoms with E-state index in [-0.39, 0.29) is 0 Å². The molecule has 1 saturated carbocycles. The normalized spacial score (nSPS) is 21.6. The van der Waals surface area contributed by atoms with E-state index in [0.29, 0.717) is 25.4 Å². The molecule has 1 aliphatic rings. The van der Waals surface area contributed by atoms with E-state index >= 15 is 0 Å². The van der Waals surface area contributed by atoms with Crippen LogP contribution in [0.2, 0.25) is 0 Å². The Hall–Kier alpha value is -1.29. The summed E-state index contributed by atoms with van der Waals surface area (Å²) in [7, 11) is 0. The van der Waals surface area contributed by atoms with E-state index in [1.807, 2.05) is 0 Å². The van der Waals surface area contributed by atoms with Crippen molar-refractivity contribution in [3.63, 3.8) is 0 Å². The molecular formula is C18H23F3O. The second-order valence-electron chi connectivity index (χ2n) is 5.95. The number of halogens is 3. The van der Waals surface area contributed by atoms with Crippen molar-refractivity contribution >= 4 is 0 Å². The molecule has 2 rings (SSSR count). The molecule has 0 spiro atoms. The lowest BCUT2D eigenvalue weighted by Gasteiger charge is -2.27. The molecule has 0 amide bonds. The van der Waals surface area contributed by atoms with Gasteiger partial charge in [-0.05, 0) is 49.1 Å². The van der Waals surface area contributed by atoms with Gasteiger partial charge in [0, 0.05) is 12.5 Å². The first-order valence-corrected chi connectivity index (χ1v) is 7.99. The Balaban J connectivity index is 1.87. The molecule has 22 heavy (non-hydrogen) atoms. The Morgan fingerprint density at radius 3 is 2.23 bits per heavy atom. The van der Waals surface area contributed by atoms with Crippen molar-refractivity contribution in [2.24, 2.45) is 5.92 Å². The molecule has 0 aromatic heterocycles. The largest absolute Gasteiger partial charge is 0.377 e. The summed E-state index contributed by atoms with van der Waals surface area (Å²) in [5.41, 5.74) is 2.35. The Bertz CT molecular complexity index is 484. The Kier molecular flexibility index (Phi) is 6.49.